The van der Waals surface area contributed by atoms with E-state index in [0.717, 1.165) is 11.3 Å². The van der Waals surface area contributed by atoms with Gasteiger partial charge in [-0.05, 0) is 32.9 Å². The van der Waals surface area contributed by atoms with Gasteiger partial charge in [0.25, 0.3) is 0 Å². The molecule has 1 aromatic heterocycles. The number of esters is 1. The van der Waals surface area contributed by atoms with Gasteiger partial charge in [-0.3, -0.25) is 0 Å². The molecule has 0 unspecified atom stereocenters. The quantitative estimate of drug-likeness (QED) is 0.877. The number of nitrogens with one attached hydrogen (secondary N) is 1. The Morgan fingerprint density at radius 2 is 2.10 bits per heavy atom. The van der Waals surface area contributed by atoms with Crippen LogP contribution in [-0.4, -0.2) is 18.2 Å². The molecule has 0 amide bonds. The molecule has 0 radical (unpaired) electrons. The first-order valence-corrected chi connectivity index (χ1v) is 6.48. The minimum Gasteiger partial charge on any atom is -0.465 e. The van der Waals surface area contributed by atoms with Gasteiger partial charge in [0, 0.05) is 23.4 Å². The van der Waals surface area contributed by atoms with Crippen LogP contribution >= 0.6 is 0 Å². The summed E-state index contributed by atoms with van der Waals surface area (Å²) in [7, 11) is 1.26. The number of hydrogen-bond donors (Lipinski definition) is 1. The van der Waals surface area contributed by atoms with Crippen molar-refractivity contribution in [3.63, 3.8) is 0 Å². The monoisotopic (exact) mass is 292 g/mol. The van der Waals surface area contributed by atoms with Crippen LogP contribution in [0.15, 0.2) is 16.7 Å². The average molecular weight is 292 g/mol. The summed E-state index contributed by atoms with van der Waals surface area (Å²) in [6, 6.07) is 2.74. The van der Waals surface area contributed by atoms with Crippen LogP contribution in [0.25, 0.3) is 0 Å². The smallest absolute Gasteiger partial charge is 0.338 e. The molecule has 0 bridgehead atoms. The van der Waals surface area contributed by atoms with E-state index in [2.05, 4.69) is 15.2 Å². The van der Waals surface area contributed by atoms with Crippen LogP contribution in [0, 0.1) is 26.6 Å². The molecule has 0 fully saturated rings. The molecular formula is C15H17FN2O3. The zero-order chi connectivity index (χ0) is 15.6. The molecule has 6 heteroatoms. The number of hydrogen-bond acceptors (Lipinski definition) is 5. The Bertz CT molecular complexity index is 660. The number of methoxy groups -OCH3 is 1. The van der Waals surface area contributed by atoms with E-state index >= 15 is 0 Å². The number of aromatic nitrogens is 1. The van der Waals surface area contributed by atoms with E-state index in [1.807, 2.05) is 13.8 Å². The van der Waals surface area contributed by atoms with Gasteiger partial charge in [0.2, 0.25) is 0 Å². The zero-order valence-corrected chi connectivity index (χ0v) is 12.4. The Morgan fingerprint density at radius 3 is 2.67 bits per heavy atom. The fourth-order valence-corrected chi connectivity index (χ4v) is 2.04. The minimum absolute atomic E-state index is 0.168. The lowest BCUT2D eigenvalue weighted by Crippen LogP contribution is -2.08. The molecule has 5 nitrogen and oxygen atoms in total. The largest absolute Gasteiger partial charge is 0.465 e. The van der Waals surface area contributed by atoms with Crippen LogP contribution in [0.5, 0.6) is 0 Å². The van der Waals surface area contributed by atoms with Crippen molar-refractivity contribution in [1.82, 2.24) is 5.16 Å². The lowest BCUT2D eigenvalue weighted by Gasteiger charge is -2.12. The number of rotatable bonds is 4. The SMILES string of the molecule is COC(=O)c1cc(F)c(C)c(NCc2c(C)noc2C)c1. The van der Waals surface area contributed by atoms with Crippen molar-refractivity contribution in [3.8, 4) is 0 Å². The highest BCUT2D eigenvalue weighted by Crippen LogP contribution is 2.23. The van der Waals surface area contributed by atoms with Gasteiger partial charge in [-0.1, -0.05) is 5.16 Å². The molecule has 0 atom stereocenters. The van der Waals surface area contributed by atoms with Crippen LogP contribution in [-0.2, 0) is 11.3 Å². The summed E-state index contributed by atoms with van der Waals surface area (Å²) in [5.41, 5.74) is 2.84. The van der Waals surface area contributed by atoms with Crippen molar-refractivity contribution in [2.75, 3.05) is 12.4 Å². The predicted molar refractivity (Wildman–Crippen MR) is 75.8 cm³/mol. The standard InChI is InChI=1S/C15H17FN2O3/c1-8-13(16)5-11(15(19)20-4)6-14(8)17-7-12-9(2)18-21-10(12)3/h5-6,17H,7H2,1-4H3. The fourth-order valence-electron chi connectivity index (χ4n) is 2.04. The number of carbonyl (C=O) groups is 1. The van der Waals surface area contributed by atoms with Gasteiger partial charge in [0.15, 0.2) is 0 Å². The Kier molecular flexibility index (Phi) is 4.26. The molecule has 2 aromatic rings. The summed E-state index contributed by atoms with van der Waals surface area (Å²) in [5.74, 6) is -0.323. The third-order valence-corrected chi connectivity index (χ3v) is 3.40. The summed E-state index contributed by atoms with van der Waals surface area (Å²) in [5, 5.41) is 6.97. The van der Waals surface area contributed by atoms with Crippen LogP contribution in [0.1, 0.15) is 32.9 Å². The summed E-state index contributed by atoms with van der Waals surface area (Å²) in [6.45, 7) is 5.74. The summed E-state index contributed by atoms with van der Waals surface area (Å²) >= 11 is 0. The third-order valence-electron chi connectivity index (χ3n) is 3.40. The molecule has 2 rings (SSSR count). The first-order valence-electron chi connectivity index (χ1n) is 6.48. The van der Waals surface area contributed by atoms with Gasteiger partial charge in [-0.25, -0.2) is 9.18 Å². The molecular weight excluding hydrogens is 275 g/mol. The van der Waals surface area contributed by atoms with E-state index in [0.29, 0.717) is 23.6 Å². The van der Waals surface area contributed by atoms with E-state index in [4.69, 9.17) is 4.52 Å². The van der Waals surface area contributed by atoms with Gasteiger partial charge in [-0.15, -0.1) is 0 Å². The minimum atomic E-state index is -0.575. The van der Waals surface area contributed by atoms with Crippen molar-refractivity contribution in [3.05, 3.63) is 46.1 Å². The number of nitrogens with zero attached hydrogens (tertiary/aromatic N) is 1. The maximum absolute atomic E-state index is 13.9. The second-order valence-electron chi connectivity index (χ2n) is 4.78. The van der Waals surface area contributed by atoms with Gasteiger partial charge in [-0.2, -0.15) is 0 Å². The van der Waals surface area contributed by atoms with Gasteiger partial charge in [0.05, 0.1) is 18.4 Å². The molecule has 1 N–H and O–H groups in total. The highest BCUT2D eigenvalue weighted by molar-refractivity contribution is 5.90. The molecule has 0 aliphatic carbocycles. The van der Waals surface area contributed by atoms with E-state index < -0.39 is 11.8 Å². The highest BCUT2D eigenvalue weighted by Gasteiger charge is 2.14. The van der Waals surface area contributed by atoms with Crippen molar-refractivity contribution in [2.24, 2.45) is 0 Å². The topological polar surface area (TPSA) is 64.4 Å². The zero-order valence-electron chi connectivity index (χ0n) is 12.4. The van der Waals surface area contributed by atoms with Crippen LogP contribution in [0.3, 0.4) is 0 Å². The predicted octanol–water partition coefficient (Wildman–Crippen LogP) is 3.14. The molecule has 1 aromatic carbocycles. The molecule has 0 aliphatic heterocycles. The number of ether oxygens (including phenoxy) is 1. The number of benzene rings is 1. The normalized spacial score (nSPS) is 10.5. The van der Waals surface area contributed by atoms with Crippen molar-refractivity contribution in [2.45, 2.75) is 27.3 Å². The number of carbonyl (C=O) groups excluding carboxylic acids is 1. The molecule has 0 saturated heterocycles. The summed E-state index contributed by atoms with van der Waals surface area (Å²) in [6.07, 6.45) is 0. The van der Waals surface area contributed by atoms with Crippen molar-refractivity contribution >= 4 is 11.7 Å². The molecule has 1 heterocycles. The van der Waals surface area contributed by atoms with Gasteiger partial charge >= 0.3 is 5.97 Å². The van der Waals surface area contributed by atoms with E-state index in [9.17, 15) is 9.18 Å². The Labute approximate surface area is 122 Å². The second kappa shape index (κ2) is 5.95. The Morgan fingerprint density at radius 1 is 1.38 bits per heavy atom. The van der Waals surface area contributed by atoms with Crippen molar-refractivity contribution in [1.29, 1.82) is 0 Å². The van der Waals surface area contributed by atoms with E-state index in [1.54, 1.807) is 13.0 Å². The lowest BCUT2D eigenvalue weighted by atomic mass is 10.1. The lowest BCUT2D eigenvalue weighted by molar-refractivity contribution is 0.0600. The molecule has 0 saturated carbocycles. The molecule has 0 spiro atoms. The third kappa shape index (κ3) is 3.04. The average Bonchev–Trinajstić information content (AvgIpc) is 2.78. The fraction of sp³-hybridized carbons (Fsp3) is 0.333. The highest BCUT2D eigenvalue weighted by atomic mass is 19.1. The Hall–Kier alpha value is -2.37. The number of aryl methyl sites for hydroxylation is 2. The first-order chi connectivity index (χ1) is 9.93. The van der Waals surface area contributed by atoms with Crippen LogP contribution < -0.4 is 5.32 Å². The summed E-state index contributed by atoms with van der Waals surface area (Å²) in [4.78, 5) is 11.5. The molecule has 0 aliphatic rings. The number of anilines is 1. The molecule has 112 valence electrons. The first kappa shape index (κ1) is 15.0. The van der Waals surface area contributed by atoms with E-state index in [-0.39, 0.29) is 5.56 Å². The number of halogens is 1. The van der Waals surface area contributed by atoms with E-state index in [1.165, 1.54) is 13.2 Å². The van der Waals surface area contributed by atoms with Gasteiger partial charge in [0.1, 0.15) is 11.6 Å². The van der Waals surface area contributed by atoms with Crippen LogP contribution in [0.4, 0.5) is 10.1 Å². The van der Waals surface area contributed by atoms with Gasteiger partial charge < -0.3 is 14.6 Å². The molecule has 21 heavy (non-hydrogen) atoms. The second-order valence-corrected chi connectivity index (χ2v) is 4.78. The van der Waals surface area contributed by atoms with Crippen LogP contribution in [0.2, 0.25) is 0 Å². The summed E-state index contributed by atoms with van der Waals surface area (Å²) < 4.78 is 23.6. The Balaban J connectivity index is 2.27. The van der Waals surface area contributed by atoms with Crippen molar-refractivity contribution < 1.29 is 18.4 Å². The maximum Gasteiger partial charge on any atom is 0.338 e. The maximum atomic E-state index is 13.9.